The highest BCUT2D eigenvalue weighted by atomic mass is 32.2. The Morgan fingerprint density at radius 2 is 1.90 bits per heavy atom. The van der Waals surface area contributed by atoms with Gasteiger partial charge in [-0.1, -0.05) is 17.8 Å². The van der Waals surface area contributed by atoms with Crippen molar-refractivity contribution in [2.24, 2.45) is 0 Å². The number of rotatable bonds is 8. The van der Waals surface area contributed by atoms with Gasteiger partial charge in [0.05, 0.1) is 5.75 Å². The molecule has 156 valence electrons. The van der Waals surface area contributed by atoms with Crippen LogP contribution in [0.25, 0.3) is 0 Å². The van der Waals surface area contributed by atoms with Gasteiger partial charge in [0.15, 0.2) is 6.10 Å². The van der Waals surface area contributed by atoms with E-state index in [1.807, 2.05) is 19.9 Å². The minimum atomic E-state index is -1.08. The fourth-order valence-electron chi connectivity index (χ4n) is 2.46. The summed E-state index contributed by atoms with van der Waals surface area (Å²) in [7, 11) is 0. The molecular weight excluding hydrogens is 398 g/mol. The van der Waals surface area contributed by atoms with Gasteiger partial charge in [-0.25, -0.2) is 0 Å². The van der Waals surface area contributed by atoms with Crippen LogP contribution in [-0.4, -0.2) is 65.3 Å². The van der Waals surface area contributed by atoms with Gasteiger partial charge in [-0.15, -0.1) is 0 Å². The van der Waals surface area contributed by atoms with Crippen molar-refractivity contribution in [2.75, 3.05) is 25.4 Å². The molecule has 2 rings (SSSR count). The second-order valence-electron chi connectivity index (χ2n) is 6.50. The van der Waals surface area contributed by atoms with E-state index in [0.717, 1.165) is 27.8 Å². The molecule has 0 unspecified atom stereocenters. The molecule has 0 aromatic heterocycles. The minimum Gasteiger partial charge on any atom is -0.451 e. The summed E-state index contributed by atoms with van der Waals surface area (Å²) in [6, 6.07) is 5.20. The molecule has 1 heterocycles. The molecule has 0 spiro atoms. The summed E-state index contributed by atoms with van der Waals surface area (Å²) in [5, 5.41) is 4.61. The number of nitrogens with zero attached hydrogens (tertiary/aromatic N) is 1. The summed E-state index contributed by atoms with van der Waals surface area (Å²) in [6.45, 7) is 4.94. The van der Waals surface area contributed by atoms with Gasteiger partial charge in [0.2, 0.25) is 5.91 Å². The predicted octanol–water partition coefficient (Wildman–Crippen LogP) is 0.777. The molecule has 4 amide bonds. The Bertz CT molecular complexity index is 825. The number of thioether (sulfide) groups is 1. The molecule has 10 heteroatoms. The third-order valence-corrected chi connectivity index (χ3v) is 5.17. The Kier molecular flexibility index (Phi) is 7.77. The average molecular weight is 421 g/mol. The Morgan fingerprint density at radius 1 is 1.17 bits per heavy atom. The van der Waals surface area contributed by atoms with Gasteiger partial charge in [-0.3, -0.25) is 28.9 Å². The number of amides is 4. The standard InChI is InChI=1S/C19H23N3O6S/c1-11-4-5-14(8-12(11)2)18(26)21-9-16(24)28-13(3)17(25)20-6-7-22-15(23)10-29-19(22)27/h4-5,8,13H,6-7,9-10H2,1-3H3,(H,20,25)(H,21,26)/t13-/m0/s1. The van der Waals surface area contributed by atoms with Crippen LogP contribution in [0.3, 0.4) is 0 Å². The number of carbonyl (C=O) groups excluding carboxylic acids is 5. The Balaban J connectivity index is 1.71. The third-order valence-electron chi connectivity index (χ3n) is 4.32. The number of ether oxygens (including phenoxy) is 1. The van der Waals surface area contributed by atoms with Crippen molar-refractivity contribution in [3.63, 3.8) is 0 Å². The van der Waals surface area contributed by atoms with Crippen molar-refractivity contribution in [1.82, 2.24) is 15.5 Å². The van der Waals surface area contributed by atoms with E-state index in [4.69, 9.17) is 4.74 Å². The van der Waals surface area contributed by atoms with Crippen LogP contribution in [0.2, 0.25) is 0 Å². The molecule has 9 nitrogen and oxygen atoms in total. The van der Waals surface area contributed by atoms with Crippen LogP contribution in [0.1, 0.15) is 28.4 Å². The van der Waals surface area contributed by atoms with Crippen molar-refractivity contribution >= 4 is 40.7 Å². The van der Waals surface area contributed by atoms with Gasteiger partial charge >= 0.3 is 5.97 Å². The topological polar surface area (TPSA) is 122 Å². The maximum Gasteiger partial charge on any atom is 0.326 e. The molecule has 0 saturated carbocycles. The van der Waals surface area contributed by atoms with Crippen LogP contribution in [0.4, 0.5) is 4.79 Å². The number of hydrogen-bond acceptors (Lipinski definition) is 7. The molecule has 1 aromatic rings. The SMILES string of the molecule is Cc1ccc(C(=O)NCC(=O)O[C@@H](C)C(=O)NCCN2C(=O)CSC2=O)cc1C. The monoisotopic (exact) mass is 421 g/mol. The van der Waals surface area contributed by atoms with E-state index in [1.54, 1.807) is 12.1 Å². The highest BCUT2D eigenvalue weighted by Crippen LogP contribution is 2.17. The predicted molar refractivity (Wildman–Crippen MR) is 106 cm³/mol. The second-order valence-corrected chi connectivity index (χ2v) is 7.43. The Hall–Kier alpha value is -2.88. The summed E-state index contributed by atoms with van der Waals surface area (Å²) >= 11 is 0.915. The fraction of sp³-hybridized carbons (Fsp3) is 0.421. The maximum absolute atomic E-state index is 12.1. The van der Waals surface area contributed by atoms with E-state index >= 15 is 0 Å². The number of benzene rings is 1. The second kappa shape index (κ2) is 10.1. The zero-order valence-corrected chi connectivity index (χ0v) is 17.3. The van der Waals surface area contributed by atoms with Crippen LogP contribution >= 0.6 is 11.8 Å². The Labute approximate surface area is 172 Å². The van der Waals surface area contributed by atoms with Gasteiger partial charge in [0.1, 0.15) is 6.54 Å². The first-order valence-electron chi connectivity index (χ1n) is 8.98. The summed E-state index contributed by atoms with van der Waals surface area (Å²) in [5.41, 5.74) is 2.44. The number of aryl methyl sites for hydroxylation is 2. The first kappa shape index (κ1) is 22.4. The maximum atomic E-state index is 12.1. The van der Waals surface area contributed by atoms with Gasteiger partial charge in [0, 0.05) is 18.7 Å². The summed E-state index contributed by atoms with van der Waals surface area (Å²) in [5.74, 6) is -1.93. The number of imide groups is 1. The quantitative estimate of drug-likeness (QED) is 0.595. The fourth-order valence-corrected chi connectivity index (χ4v) is 3.21. The molecular formula is C19H23N3O6S. The molecule has 1 aliphatic heterocycles. The number of esters is 1. The summed E-state index contributed by atoms with van der Waals surface area (Å²) in [4.78, 5) is 59.9. The molecule has 0 radical (unpaired) electrons. The van der Waals surface area contributed by atoms with Crippen LogP contribution in [0.5, 0.6) is 0 Å². The van der Waals surface area contributed by atoms with Crippen LogP contribution in [0.15, 0.2) is 18.2 Å². The zero-order valence-electron chi connectivity index (χ0n) is 16.4. The van der Waals surface area contributed by atoms with Crippen LogP contribution in [0, 0.1) is 13.8 Å². The molecule has 0 aliphatic carbocycles. The molecule has 0 bridgehead atoms. The molecule has 1 saturated heterocycles. The highest BCUT2D eigenvalue weighted by molar-refractivity contribution is 8.14. The van der Waals surface area contributed by atoms with Gasteiger partial charge in [0.25, 0.3) is 17.1 Å². The first-order valence-corrected chi connectivity index (χ1v) is 9.97. The largest absolute Gasteiger partial charge is 0.451 e. The van der Waals surface area contributed by atoms with E-state index in [9.17, 15) is 24.0 Å². The van der Waals surface area contributed by atoms with Crippen LogP contribution < -0.4 is 10.6 Å². The highest BCUT2D eigenvalue weighted by Gasteiger charge is 2.29. The van der Waals surface area contributed by atoms with Crippen molar-refractivity contribution in [2.45, 2.75) is 26.9 Å². The third kappa shape index (κ3) is 6.31. The van der Waals surface area contributed by atoms with Gasteiger partial charge < -0.3 is 15.4 Å². The lowest BCUT2D eigenvalue weighted by Gasteiger charge is -2.16. The van der Waals surface area contributed by atoms with E-state index in [-0.39, 0.29) is 36.5 Å². The lowest BCUT2D eigenvalue weighted by molar-refractivity contribution is -0.153. The molecule has 2 N–H and O–H groups in total. The van der Waals surface area contributed by atoms with E-state index in [1.165, 1.54) is 6.92 Å². The van der Waals surface area contributed by atoms with E-state index in [2.05, 4.69) is 10.6 Å². The van der Waals surface area contributed by atoms with E-state index in [0.29, 0.717) is 5.56 Å². The average Bonchev–Trinajstić information content (AvgIpc) is 3.00. The van der Waals surface area contributed by atoms with Crippen LogP contribution in [-0.2, 0) is 19.1 Å². The lowest BCUT2D eigenvalue weighted by Crippen LogP contribution is -2.42. The number of nitrogens with one attached hydrogen (secondary N) is 2. The van der Waals surface area contributed by atoms with Crippen molar-refractivity contribution < 1.29 is 28.7 Å². The summed E-state index contributed by atoms with van der Waals surface area (Å²) in [6.07, 6.45) is -1.08. The minimum absolute atomic E-state index is 0.0578. The van der Waals surface area contributed by atoms with Gasteiger partial charge in [-0.2, -0.15) is 0 Å². The molecule has 29 heavy (non-hydrogen) atoms. The molecule has 1 aliphatic rings. The smallest absolute Gasteiger partial charge is 0.326 e. The molecule has 1 fully saturated rings. The lowest BCUT2D eigenvalue weighted by atomic mass is 10.1. The number of carbonyl (C=O) groups is 5. The zero-order chi connectivity index (χ0) is 21.6. The van der Waals surface area contributed by atoms with Gasteiger partial charge in [-0.05, 0) is 44.0 Å². The number of hydrogen-bond donors (Lipinski definition) is 2. The molecule has 1 aromatic carbocycles. The molecule has 1 atom stereocenters. The van der Waals surface area contributed by atoms with Crippen molar-refractivity contribution in [3.05, 3.63) is 34.9 Å². The normalized spacial score (nSPS) is 14.5. The Morgan fingerprint density at radius 3 is 2.52 bits per heavy atom. The summed E-state index contributed by atoms with van der Waals surface area (Å²) < 4.78 is 4.99. The van der Waals surface area contributed by atoms with E-state index < -0.39 is 23.9 Å². The first-order chi connectivity index (χ1) is 13.7. The van der Waals surface area contributed by atoms with Crippen molar-refractivity contribution in [3.8, 4) is 0 Å². The van der Waals surface area contributed by atoms with Crippen molar-refractivity contribution in [1.29, 1.82) is 0 Å².